The maximum absolute atomic E-state index is 5.85. The van der Waals surface area contributed by atoms with E-state index < -0.39 is 0 Å². The van der Waals surface area contributed by atoms with Gasteiger partial charge in [0.15, 0.2) is 0 Å². The van der Waals surface area contributed by atoms with Crippen molar-refractivity contribution in [3.63, 3.8) is 0 Å². The summed E-state index contributed by atoms with van der Waals surface area (Å²) in [6, 6.07) is 8.62. The largest absolute Gasteiger partial charge is 0.366 e. The molecule has 76 valence electrons. The molecule has 1 aliphatic heterocycles. The highest BCUT2D eigenvalue weighted by Crippen LogP contribution is 2.50. The van der Waals surface area contributed by atoms with Gasteiger partial charge in [-0.15, -0.1) is 0 Å². The standard InChI is InChI=1S/C11H12O.CH5N/c1-2-5-10-9(4-1)8-12-11(10)6-3-7-11;1-2/h1-2,4-5H,3,6-8H2;2H2,1H3. The van der Waals surface area contributed by atoms with Gasteiger partial charge in [-0.3, -0.25) is 0 Å². The Morgan fingerprint density at radius 3 is 2.57 bits per heavy atom. The van der Waals surface area contributed by atoms with E-state index >= 15 is 0 Å². The Morgan fingerprint density at radius 1 is 1.21 bits per heavy atom. The Kier molecular flexibility index (Phi) is 2.57. The van der Waals surface area contributed by atoms with E-state index in [2.05, 4.69) is 30.0 Å². The van der Waals surface area contributed by atoms with Gasteiger partial charge in [0.05, 0.1) is 12.2 Å². The zero-order chi connectivity index (χ0) is 10.0. The van der Waals surface area contributed by atoms with Gasteiger partial charge < -0.3 is 10.5 Å². The van der Waals surface area contributed by atoms with Crippen LogP contribution in [0.3, 0.4) is 0 Å². The van der Waals surface area contributed by atoms with Crippen molar-refractivity contribution >= 4 is 0 Å². The minimum Gasteiger partial charge on any atom is -0.366 e. The minimum absolute atomic E-state index is 0.149. The lowest BCUT2D eigenvalue weighted by atomic mass is 9.75. The molecule has 2 heteroatoms. The highest BCUT2D eigenvalue weighted by atomic mass is 16.5. The van der Waals surface area contributed by atoms with Gasteiger partial charge in [-0.2, -0.15) is 0 Å². The first-order valence-corrected chi connectivity index (χ1v) is 5.21. The van der Waals surface area contributed by atoms with Crippen molar-refractivity contribution in [3.8, 4) is 0 Å². The predicted molar refractivity (Wildman–Crippen MR) is 56.9 cm³/mol. The average molecular weight is 191 g/mol. The van der Waals surface area contributed by atoms with Crippen molar-refractivity contribution < 1.29 is 4.74 Å². The molecule has 14 heavy (non-hydrogen) atoms. The van der Waals surface area contributed by atoms with E-state index in [4.69, 9.17) is 4.74 Å². The molecule has 2 nitrogen and oxygen atoms in total. The molecule has 0 amide bonds. The summed E-state index contributed by atoms with van der Waals surface area (Å²) in [6.07, 6.45) is 3.78. The molecular formula is C12H17NO. The summed E-state index contributed by atoms with van der Waals surface area (Å²) in [5.74, 6) is 0. The zero-order valence-corrected chi connectivity index (χ0v) is 8.62. The number of hydrogen-bond acceptors (Lipinski definition) is 2. The monoisotopic (exact) mass is 191 g/mol. The Labute approximate surface area is 85.1 Å². The van der Waals surface area contributed by atoms with Gasteiger partial charge in [-0.05, 0) is 37.4 Å². The maximum atomic E-state index is 5.85. The van der Waals surface area contributed by atoms with Crippen molar-refractivity contribution in [1.82, 2.24) is 0 Å². The molecule has 0 saturated heterocycles. The van der Waals surface area contributed by atoms with Crippen molar-refractivity contribution in [2.45, 2.75) is 31.5 Å². The number of hydrogen-bond donors (Lipinski definition) is 1. The summed E-state index contributed by atoms with van der Waals surface area (Å²) < 4.78 is 5.85. The third-order valence-corrected chi connectivity index (χ3v) is 3.17. The van der Waals surface area contributed by atoms with Crippen molar-refractivity contribution in [2.24, 2.45) is 5.73 Å². The first kappa shape index (κ1) is 9.69. The number of fused-ring (bicyclic) bond motifs is 2. The third kappa shape index (κ3) is 1.26. The molecule has 1 spiro atoms. The molecular weight excluding hydrogens is 174 g/mol. The molecule has 2 aliphatic rings. The lowest BCUT2D eigenvalue weighted by molar-refractivity contribution is -0.0943. The van der Waals surface area contributed by atoms with E-state index in [1.807, 2.05) is 0 Å². The molecule has 1 fully saturated rings. The lowest BCUT2D eigenvalue weighted by Gasteiger charge is -2.38. The van der Waals surface area contributed by atoms with Gasteiger partial charge in [-0.1, -0.05) is 24.3 Å². The van der Waals surface area contributed by atoms with Gasteiger partial charge in [-0.25, -0.2) is 0 Å². The topological polar surface area (TPSA) is 35.2 Å². The Morgan fingerprint density at radius 2 is 1.93 bits per heavy atom. The summed E-state index contributed by atoms with van der Waals surface area (Å²) in [6.45, 7) is 0.830. The highest BCUT2D eigenvalue weighted by Gasteiger charge is 2.44. The van der Waals surface area contributed by atoms with Gasteiger partial charge in [0.2, 0.25) is 0 Å². The van der Waals surface area contributed by atoms with E-state index in [1.165, 1.54) is 37.4 Å². The van der Waals surface area contributed by atoms with Crippen LogP contribution in [-0.4, -0.2) is 7.05 Å². The van der Waals surface area contributed by atoms with Crippen molar-refractivity contribution in [3.05, 3.63) is 35.4 Å². The smallest absolute Gasteiger partial charge is 0.0939 e. The highest BCUT2D eigenvalue weighted by molar-refractivity contribution is 5.36. The molecule has 1 aromatic carbocycles. The summed E-state index contributed by atoms with van der Waals surface area (Å²) in [5, 5.41) is 0. The van der Waals surface area contributed by atoms with E-state index in [0.717, 1.165) is 6.61 Å². The zero-order valence-electron chi connectivity index (χ0n) is 8.62. The second-order valence-corrected chi connectivity index (χ2v) is 3.79. The number of ether oxygens (including phenoxy) is 1. The van der Waals surface area contributed by atoms with Crippen LogP contribution in [0.2, 0.25) is 0 Å². The molecule has 1 saturated carbocycles. The number of nitrogens with two attached hydrogens (primary N) is 1. The molecule has 0 aromatic heterocycles. The molecule has 2 N–H and O–H groups in total. The molecule has 0 bridgehead atoms. The van der Waals surface area contributed by atoms with Crippen LogP contribution >= 0.6 is 0 Å². The van der Waals surface area contributed by atoms with Gasteiger partial charge in [0, 0.05) is 0 Å². The SMILES string of the molecule is CN.c1ccc2c(c1)COC21CCC1. The number of benzene rings is 1. The summed E-state index contributed by atoms with van der Waals surface area (Å²) in [7, 11) is 1.50. The van der Waals surface area contributed by atoms with Crippen LogP contribution in [0.5, 0.6) is 0 Å². The van der Waals surface area contributed by atoms with E-state index in [0.29, 0.717) is 0 Å². The van der Waals surface area contributed by atoms with Crippen LogP contribution in [-0.2, 0) is 16.9 Å². The van der Waals surface area contributed by atoms with Crippen LogP contribution in [0.4, 0.5) is 0 Å². The summed E-state index contributed by atoms with van der Waals surface area (Å²) in [4.78, 5) is 0. The fraction of sp³-hybridized carbons (Fsp3) is 0.500. The second kappa shape index (κ2) is 3.71. The molecule has 0 atom stereocenters. The lowest BCUT2D eigenvalue weighted by Crippen LogP contribution is -2.33. The third-order valence-electron chi connectivity index (χ3n) is 3.17. The van der Waals surface area contributed by atoms with Crippen LogP contribution < -0.4 is 5.73 Å². The van der Waals surface area contributed by atoms with Gasteiger partial charge in [0.1, 0.15) is 0 Å². The maximum Gasteiger partial charge on any atom is 0.0939 e. The van der Waals surface area contributed by atoms with Gasteiger partial charge >= 0.3 is 0 Å². The van der Waals surface area contributed by atoms with E-state index in [9.17, 15) is 0 Å². The van der Waals surface area contributed by atoms with Crippen LogP contribution in [0, 0.1) is 0 Å². The average Bonchev–Trinajstić information content (AvgIpc) is 2.59. The quantitative estimate of drug-likeness (QED) is 0.682. The fourth-order valence-corrected chi connectivity index (χ4v) is 2.30. The predicted octanol–water partition coefficient (Wildman–Crippen LogP) is 2.17. The van der Waals surface area contributed by atoms with Crippen LogP contribution in [0.25, 0.3) is 0 Å². The fourth-order valence-electron chi connectivity index (χ4n) is 2.30. The molecule has 1 heterocycles. The molecule has 1 aliphatic carbocycles. The Balaban J connectivity index is 0.000000354. The summed E-state index contributed by atoms with van der Waals surface area (Å²) in [5.41, 5.74) is 7.50. The Bertz CT molecular complexity index is 318. The second-order valence-electron chi connectivity index (χ2n) is 3.79. The molecule has 1 aromatic rings. The van der Waals surface area contributed by atoms with Crippen molar-refractivity contribution in [2.75, 3.05) is 7.05 Å². The summed E-state index contributed by atoms with van der Waals surface area (Å²) >= 11 is 0. The minimum atomic E-state index is 0.149. The first-order valence-electron chi connectivity index (χ1n) is 5.21. The normalized spacial score (nSPS) is 20.7. The number of rotatable bonds is 0. The van der Waals surface area contributed by atoms with Crippen LogP contribution in [0.1, 0.15) is 30.4 Å². The van der Waals surface area contributed by atoms with Crippen molar-refractivity contribution in [1.29, 1.82) is 0 Å². The first-order chi connectivity index (χ1) is 6.91. The van der Waals surface area contributed by atoms with Gasteiger partial charge in [0.25, 0.3) is 0 Å². The molecule has 0 radical (unpaired) electrons. The van der Waals surface area contributed by atoms with E-state index in [1.54, 1.807) is 0 Å². The van der Waals surface area contributed by atoms with E-state index in [-0.39, 0.29) is 5.60 Å². The Hall–Kier alpha value is -0.860. The molecule has 3 rings (SSSR count). The van der Waals surface area contributed by atoms with Crippen LogP contribution in [0.15, 0.2) is 24.3 Å². The molecule has 0 unspecified atom stereocenters.